The Balaban J connectivity index is 1.37. The molecule has 3 atom stereocenters. The van der Waals surface area contributed by atoms with Crippen LogP contribution in [0.4, 0.5) is 10.2 Å². The number of aromatic nitrogens is 5. The summed E-state index contributed by atoms with van der Waals surface area (Å²) in [4.78, 5) is 31.4. The molecule has 0 aromatic carbocycles. The van der Waals surface area contributed by atoms with Crippen LogP contribution in [-0.2, 0) is 0 Å². The Bertz CT molecular complexity index is 1010. The third-order valence-electron chi connectivity index (χ3n) is 5.50. The molecule has 0 saturated carbocycles. The van der Waals surface area contributed by atoms with Crippen molar-refractivity contribution < 1.29 is 9.18 Å². The lowest BCUT2D eigenvalue weighted by Crippen LogP contribution is -2.44. The maximum Gasteiger partial charge on any atom is 0.273 e. The highest BCUT2D eigenvalue weighted by Gasteiger charge is 2.47. The quantitative estimate of drug-likeness (QED) is 0.743. The second-order valence-electron chi connectivity index (χ2n) is 7.06. The first-order valence-electron chi connectivity index (χ1n) is 9.21. The molecule has 2 aliphatic rings. The summed E-state index contributed by atoms with van der Waals surface area (Å²) in [6.45, 7) is 0. The van der Waals surface area contributed by atoms with Crippen molar-refractivity contribution in [3.05, 3.63) is 61.0 Å². The zero-order valence-corrected chi connectivity index (χ0v) is 14.9. The zero-order chi connectivity index (χ0) is 19.1. The van der Waals surface area contributed by atoms with Gasteiger partial charge in [0.05, 0.1) is 12.1 Å². The standard InChI is InChI=1S/C19H18FN7O/c20-13-2-1-5-22-18(13)19(28)25-14-8-12-3-4-15(14)27(12)17-9-16(23-10-24-17)26-7-6-21-11-26/h1-2,5-7,9-12,14-15H,3-4,8H2,(H,25,28)/t12-,14+,15+/m0/s1. The van der Waals surface area contributed by atoms with Gasteiger partial charge in [-0.15, -0.1) is 0 Å². The molecule has 0 spiro atoms. The normalized spacial score (nSPS) is 23.2. The molecule has 142 valence electrons. The van der Waals surface area contributed by atoms with E-state index < -0.39 is 11.7 Å². The summed E-state index contributed by atoms with van der Waals surface area (Å²) in [5, 5.41) is 2.97. The number of fused-ring (bicyclic) bond motifs is 2. The first-order chi connectivity index (χ1) is 13.7. The lowest BCUT2D eigenvalue weighted by Gasteiger charge is -2.26. The van der Waals surface area contributed by atoms with Crippen LogP contribution >= 0.6 is 0 Å². The first-order valence-corrected chi connectivity index (χ1v) is 9.21. The molecular weight excluding hydrogens is 361 g/mol. The average molecular weight is 379 g/mol. The molecule has 8 nitrogen and oxygen atoms in total. The number of carbonyl (C=O) groups is 1. The minimum absolute atomic E-state index is 0.0701. The largest absolute Gasteiger partial charge is 0.348 e. The number of hydrogen-bond donors (Lipinski definition) is 1. The van der Waals surface area contributed by atoms with E-state index in [0.717, 1.165) is 30.9 Å². The number of carbonyl (C=O) groups excluding carboxylic acids is 1. The molecule has 0 radical (unpaired) electrons. The van der Waals surface area contributed by atoms with Crippen molar-refractivity contribution in [3.8, 4) is 5.82 Å². The van der Waals surface area contributed by atoms with E-state index in [1.54, 1.807) is 18.9 Å². The number of nitrogens with one attached hydrogen (secondary N) is 1. The van der Waals surface area contributed by atoms with E-state index in [1.807, 2.05) is 16.8 Å². The van der Waals surface area contributed by atoms with Crippen LogP contribution in [0.15, 0.2) is 49.4 Å². The predicted molar refractivity (Wildman–Crippen MR) is 98.5 cm³/mol. The van der Waals surface area contributed by atoms with Crippen molar-refractivity contribution >= 4 is 11.7 Å². The molecule has 2 fully saturated rings. The lowest BCUT2D eigenvalue weighted by molar-refractivity contribution is 0.0922. The molecule has 5 heterocycles. The fourth-order valence-electron chi connectivity index (χ4n) is 4.30. The van der Waals surface area contributed by atoms with E-state index in [2.05, 4.69) is 30.2 Å². The second-order valence-corrected chi connectivity index (χ2v) is 7.06. The van der Waals surface area contributed by atoms with E-state index in [4.69, 9.17) is 0 Å². The van der Waals surface area contributed by atoms with E-state index in [1.165, 1.54) is 18.3 Å². The van der Waals surface area contributed by atoms with Crippen molar-refractivity contribution in [1.82, 2.24) is 29.8 Å². The molecule has 3 aromatic heterocycles. The van der Waals surface area contributed by atoms with Gasteiger partial charge in [-0.1, -0.05) is 0 Å². The number of nitrogens with zero attached hydrogens (tertiary/aromatic N) is 6. The second kappa shape index (κ2) is 6.66. The lowest BCUT2D eigenvalue weighted by atomic mass is 9.95. The Morgan fingerprint density at radius 3 is 2.89 bits per heavy atom. The molecule has 9 heteroatoms. The van der Waals surface area contributed by atoms with Gasteiger partial charge in [0.2, 0.25) is 0 Å². The predicted octanol–water partition coefficient (Wildman–Crippen LogP) is 1.74. The summed E-state index contributed by atoms with van der Waals surface area (Å²) in [5.74, 6) is 0.482. The molecule has 28 heavy (non-hydrogen) atoms. The number of anilines is 1. The SMILES string of the molecule is O=C(N[C@@H]1C[C@@H]2CC[C@H]1N2c1cc(-n2ccnc2)ncn1)c1ncccc1F. The van der Waals surface area contributed by atoms with E-state index in [-0.39, 0.29) is 23.8 Å². The number of rotatable bonds is 4. The summed E-state index contributed by atoms with van der Waals surface area (Å²) in [5.41, 5.74) is -0.166. The molecule has 0 aliphatic carbocycles. The van der Waals surface area contributed by atoms with Gasteiger partial charge in [-0.2, -0.15) is 0 Å². The van der Waals surface area contributed by atoms with Gasteiger partial charge in [0.15, 0.2) is 11.5 Å². The van der Waals surface area contributed by atoms with Gasteiger partial charge < -0.3 is 10.2 Å². The fraction of sp³-hybridized carbons (Fsp3) is 0.316. The summed E-state index contributed by atoms with van der Waals surface area (Å²) >= 11 is 0. The van der Waals surface area contributed by atoms with Gasteiger partial charge in [-0.05, 0) is 31.4 Å². The molecule has 0 unspecified atom stereocenters. The molecule has 2 aliphatic heterocycles. The topological polar surface area (TPSA) is 88.8 Å². The van der Waals surface area contributed by atoms with Crippen LogP contribution in [-0.4, -0.2) is 48.5 Å². The fourth-order valence-corrected chi connectivity index (χ4v) is 4.30. The number of halogens is 1. The van der Waals surface area contributed by atoms with E-state index in [0.29, 0.717) is 0 Å². The van der Waals surface area contributed by atoms with Gasteiger partial charge in [-0.3, -0.25) is 9.36 Å². The van der Waals surface area contributed by atoms with Gasteiger partial charge >= 0.3 is 0 Å². The van der Waals surface area contributed by atoms with Crippen LogP contribution < -0.4 is 10.2 Å². The molecule has 5 rings (SSSR count). The van der Waals surface area contributed by atoms with Gasteiger partial charge in [-0.25, -0.2) is 24.3 Å². The van der Waals surface area contributed by atoms with Crippen molar-refractivity contribution in [1.29, 1.82) is 0 Å². The maximum atomic E-state index is 13.9. The molecular formula is C19H18FN7O. The van der Waals surface area contributed by atoms with Crippen LogP contribution in [0.5, 0.6) is 0 Å². The smallest absolute Gasteiger partial charge is 0.273 e. The Morgan fingerprint density at radius 2 is 2.07 bits per heavy atom. The molecule has 2 bridgehead atoms. The highest BCUT2D eigenvalue weighted by atomic mass is 19.1. The molecule has 2 saturated heterocycles. The highest BCUT2D eigenvalue weighted by molar-refractivity contribution is 5.92. The minimum atomic E-state index is -0.610. The van der Waals surface area contributed by atoms with Crippen molar-refractivity contribution in [3.63, 3.8) is 0 Å². The average Bonchev–Trinajstić information content (AvgIpc) is 3.45. The Labute approximate surface area is 160 Å². The summed E-state index contributed by atoms with van der Waals surface area (Å²) in [7, 11) is 0. The number of pyridine rings is 1. The Hall–Kier alpha value is -3.36. The van der Waals surface area contributed by atoms with Crippen molar-refractivity contribution in [2.24, 2.45) is 0 Å². The summed E-state index contributed by atoms with van der Waals surface area (Å²) < 4.78 is 15.7. The van der Waals surface area contributed by atoms with Crippen molar-refractivity contribution in [2.45, 2.75) is 37.4 Å². The maximum absolute atomic E-state index is 13.9. The Morgan fingerprint density at radius 1 is 1.18 bits per heavy atom. The van der Waals surface area contributed by atoms with Crippen molar-refractivity contribution in [2.75, 3.05) is 4.90 Å². The Kier molecular flexibility index (Phi) is 4.00. The first kappa shape index (κ1) is 16.8. The molecule has 1 amide bonds. The highest BCUT2D eigenvalue weighted by Crippen LogP contribution is 2.40. The summed E-state index contributed by atoms with van der Waals surface area (Å²) in [6.07, 6.45) is 11.0. The van der Waals surface area contributed by atoms with E-state index >= 15 is 0 Å². The summed E-state index contributed by atoms with van der Waals surface area (Å²) in [6, 6.07) is 4.97. The monoisotopic (exact) mass is 379 g/mol. The number of hydrogen-bond acceptors (Lipinski definition) is 6. The molecule has 1 N–H and O–H groups in total. The van der Waals surface area contributed by atoms with E-state index in [9.17, 15) is 9.18 Å². The molecule has 3 aromatic rings. The van der Waals surface area contributed by atoms with Gasteiger partial charge in [0, 0.05) is 30.7 Å². The number of amides is 1. The van der Waals surface area contributed by atoms with Crippen LogP contribution in [0.1, 0.15) is 29.8 Å². The zero-order valence-electron chi connectivity index (χ0n) is 14.9. The number of imidazole rings is 1. The third-order valence-corrected chi connectivity index (χ3v) is 5.50. The van der Waals surface area contributed by atoms with Crippen LogP contribution in [0, 0.1) is 5.82 Å². The van der Waals surface area contributed by atoms with Crippen LogP contribution in [0.2, 0.25) is 0 Å². The van der Waals surface area contributed by atoms with Gasteiger partial charge in [0.1, 0.15) is 24.3 Å². The minimum Gasteiger partial charge on any atom is -0.348 e. The van der Waals surface area contributed by atoms with Crippen LogP contribution in [0.3, 0.4) is 0 Å². The van der Waals surface area contributed by atoms with Crippen LogP contribution in [0.25, 0.3) is 5.82 Å². The third kappa shape index (κ3) is 2.79. The van der Waals surface area contributed by atoms with Gasteiger partial charge in [0.25, 0.3) is 5.91 Å².